The Morgan fingerprint density at radius 2 is 2.30 bits per heavy atom. The van der Waals surface area contributed by atoms with Crippen molar-refractivity contribution in [2.75, 3.05) is 0 Å². The fraction of sp³-hybridized carbons (Fsp3) is 0.0833. The van der Waals surface area contributed by atoms with Gasteiger partial charge in [-0.2, -0.15) is 15.2 Å². The van der Waals surface area contributed by atoms with E-state index in [-0.39, 0.29) is 0 Å². The highest BCUT2D eigenvalue weighted by atomic mass is 16.5. The smallest absolute Gasteiger partial charge is 0.258 e. The van der Waals surface area contributed by atoms with Gasteiger partial charge in [0.1, 0.15) is 19.2 Å². The molecule has 0 saturated carbocycles. The van der Waals surface area contributed by atoms with Crippen LogP contribution in [0, 0.1) is 0 Å². The third-order valence-electron chi connectivity index (χ3n) is 2.95. The molecule has 0 amide bonds. The van der Waals surface area contributed by atoms with Crippen LogP contribution in [-0.4, -0.2) is 35.1 Å². The minimum atomic E-state index is 0.421. The third-order valence-corrected chi connectivity index (χ3v) is 2.95. The summed E-state index contributed by atoms with van der Waals surface area (Å²) in [7, 11) is 0. The molecule has 3 aromatic heterocycles. The number of benzene rings is 1. The molecule has 20 heavy (non-hydrogen) atoms. The van der Waals surface area contributed by atoms with Crippen LogP contribution in [0.2, 0.25) is 0 Å². The molecule has 3 heterocycles. The van der Waals surface area contributed by atoms with Crippen molar-refractivity contribution in [3.05, 3.63) is 42.9 Å². The Morgan fingerprint density at radius 3 is 3.20 bits per heavy atom. The van der Waals surface area contributed by atoms with Gasteiger partial charge in [-0.1, -0.05) is 11.2 Å². The number of fused-ring (bicyclic) bond motifs is 1. The first-order valence-corrected chi connectivity index (χ1v) is 5.97. The maximum Gasteiger partial charge on any atom is 0.258 e. The van der Waals surface area contributed by atoms with Gasteiger partial charge in [-0.3, -0.25) is 5.10 Å². The lowest BCUT2D eigenvalue weighted by molar-refractivity contribution is 0.419. The Hall–Kier alpha value is -3.03. The number of hydrogen-bond acceptors (Lipinski definition) is 6. The van der Waals surface area contributed by atoms with Gasteiger partial charge in [-0.25, -0.2) is 9.67 Å². The second kappa shape index (κ2) is 4.26. The highest BCUT2D eigenvalue weighted by Gasteiger charge is 2.13. The summed E-state index contributed by atoms with van der Waals surface area (Å²) in [5.74, 6) is 1.01. The van der Waals surface area contributed by atoms with Crippen LogP contribution in [0.4, 0.5) is 0 Å². The van der Waals surface area contributed by atoms with Gasteiger partial charge >= 0.3 is 0 Å². The average Bonchev–Trinajstić information content (AvgIpc) is 3.19. The van der Waals surface area contributed by atoms with E-state index < -0.39 is 0 Å². The second-order valence-electron chi connectivity index (χ2n) is 4.25. The zero-order valence-electron chi connectivity index (χ0n) is 10.3. The molecular weight excluding hydrogens is 258 g/mol. The minimum Gasteiger partial charge on any atom is -0.334 e. The first kappa shape index (κ1) is 10.9. The predicted octanol–water partition coefficient (Wildman–Crippen LogP) is 1.25. The van der Waals surface area contributed by atoms with Crippen molar-refractivity contribution in [2.45, 2.75) is 6.54 Å². The summed E-state index contributed by atoms with van der Waals surface area (Å²) in [5.41, 5.74) is 1.78. The number of hydrogen-bond donors (Lipinski definition) is 1. The van der Waals surface area contributed by atoms with E-state index in [1.165, 1.54) is 6.33 Å². The Morgan fingerprint density at radius 1 is 1.30 bits per heavy atom. The molecule has 0 spiro atoms. The zero-order chi connectivity index (χ0) is 13.4. The molecule has 1 N–H and O–H groups in total. The lowest BCUT2D eigenvalue weighted by Crippen LogP contribution is -2.01. The van der Waals surface area contributed by atoms with Gasteiger partial charge in [-0.05, 0) is 12.1 Å². The largest absolute Gasteiger partial charge is 0.334 e. The average molecular weight is 267 g/mol. The summed E-state index contributed by atoms with van der Waals surface area (Å²) in [4.78, 5) is 8.25. The lowest BCUT2D eigenvalue weighted by atomic mass is 10.1. The first-order valence-electron chi connectivity index (χ1n) is 5.97. The monoisotopic (exact) mass is 267 g/mol. The molecule has 0 radical (unpaired) electrons. The van der Waals surface area contributed by atoms with Crippen LogP contribution in [0.1, 0.15) is 5.82 Å². The van der Waals surface area contributed by atoms with Gasteiger partial charge in [0.15, 0.2) is 5.82 Å². The number of rotatable bonds is 3. The van der Waals surface area contributed by atoms with Gasteiger partial charge in [0.25, 0.3) is 5.89 Å². The summed E-state index contributed by atoms with van der Waals surface area (Å²) in [6.07, 6.45) is 4.81. The van der Waals surface area contributed by atoms with E-state index in [9.17, 15) is 0 Å². The Balaban J connectivity index is 1.72. The van der Waals surface area contributed by atoms with Crippen molar-refractivity contribution in [3.63, 3.8) is 0 Å². The van der Waals surface area contributed by atoms with Gasteiger partial charge in [0.2, 0.25) is 0 Å². The van der Waals surface area contributed by atoms with E-state index in [1.54, 1.807) is 17.2 Å². The molecular formula is C12H9N7O. The zero-order valence-corrected chi connectivity index (χ0v) is 10.3. The Bertz CT molecular complexity index is 846. The van der Waals surface area contributed by atoms with Gasteiger partial charge in [0.05, 0.1) is 17.3 Å². The standard InChI is InChI=1S/C12H9N7O/c1-2-8(9-4-14-17-10(9)3-1)12-16-11(18-20-12)5-19-7-13-6-15-19/h1-4,6-7H,5H2,(H,14,17). The van der Waals surface area contributed by atoms with Crippen LogP contribution in [0.5, 0.6) is 0 Å². The van der Waals surface area contributed by atoms with Crippen molar-refractivity contribution in [3.8, 4) is 11.5 Å². The molecule has 0 aliphatic carbocycles. The van der Waals surface area contributed by atoms with E-state index >= 15 is 0 Å². The molecule has 0 bridgehead atoms. The van der Waals surface area contributed by atoms with Crippen LogP contribution < -0.4 is 0 Å². The molecule has 0 fully saturated rings. The maximum atomic E-state index is 5.31. The van der Waals surface area contributed by atoms with Crippen LogP contribution in [0.3, 0.4) is 0 Å². The molecule has 8 heteroatoms. The van der Waals surface area contributed by atoms with E-state index in [2.05, 4.69) is 30.4 Å². The summed E-state index contributed by atoms with van der Waals surface area (Å²) in [5, 5.41) is 15.8. The number of H-pyrrole nitrogens is 1. The SMILES string of the molecule is c1cc(-c2nc(Cn3cncn3)no2)c2cn[nH]c2c1. The molecule has 0 aliphatic rings. The number of aromatic amines is 1. The summed E-state index contributed by atoms with van der Waals surface area (Å²) in [6.45, 7) is 0.421. The van der Waals surface area contributed by atoms with E-state index in [0.717, 1.165) is 16.5 Å². The van der Waals surface area contributed by atoms with E-state index in [0.29, 0.717) is 18.3 Å². The molecule has 8 nitrogen and oxygen atoms in total. The van der Waals surface area contributed by atoms with Crippen molar-refractivity contribution < 1.29 is 4.52 Å². The predicted molar refractivity (Wildman–Crippen MR) is 68.5 cm³/mol. The summed E-state index contributed by atoms with van der Waals surface area (Å²) in [6, 6.07) is 5.78. The number of aromatic nitrogens is 7. The fourth-order valence-corrected chi connectivity index (χ4v) is 2.04. The normalized spacial score (nSPS) is 11.2. The van der Waals surface area contributed by atoms with Crippen LogP contribution in [0.15, 0.2) is 41.6 Å². The Kier molecular flexibility index (Phi) is 2.31. The van der Waals surface area contributed by atoms with Gasteiger partial charge in [-0.15, -0.1) is 0 Å². The van der Waals surface area contributed by atoms with Crippen LogP contribution in [-0.2, 0) is 6.54 Å². The quantitative estimate of drug-likeness (QED) is 0.600. The highest BCUT2D eigenvalue weighted by Crippen LogP contribution is 2.25. The third kappa shape index (κ3) is 1.74. The topological polar surface area (TPSA) is 98.3 Å². The Labute approximate surface area is 112 Å². The molecule has 0 aliphatic heterocycles. The van der Waals surface area contributed by atoms with Crippen molar-refractivity contribution in [1.29, 1.82) is 0 Å². The van der Waals surface area contributed by atoms with Gasteiger partial charge in [0, 0.05) is 5.39 Å². The van der Waals surface area contributed by atoms with Crippen LogP contribution >= 0.6 is 0 Å². The number of nitrogens with one attached hydrogen (secondary N) is 1. The first-order chi connectivity index (χ1) is 9.90. The highest BCUT2D eigenvalue weighted by molar-refractivity contribution is 5.91. The molecule has 4 rings (SSSR count). The summed E-state index contributed by atoms with van der Waals surface area (Å²) < 4.78 is 6.94. The van der Waals surface area contributed by atoms with E-state index in [4.69, 9.17) is 4.52 Å². The molecule has 98 valence electrons. The summed E-state index contributed by atoms with van der Waals surface area (Å²) >= 11 is 0. The van der Waals surface area contributed by atoms with E-state index in [1.807, 2.05) is 18.2 Å². The number of nitrogens with zero attached hydrogens (tertiary/aromatic N) is 6. The van der Waals surface area contributed by atoms with Crippen LogP contribution in [0.25, 0.3) is 22.4 Å². The molecule has 0 atom stereocenters. The molecule has 0 saturated heterocycles. The minimum absolute atomic E-state index is 0.421. The second-order valence-corrected chi connectivity index (χ2v) is 4.25. The lowest BCUT2D eigenvalue weighted by Gasteiger charge is -1.95. The van der Waals surface area contributed by atoms with Crippen molar-refractivity contribution in [1.82, 2.24) is 35.1 Å². The molecule has 4 aromatic rings. The van der Waals surface area contributed by atoms with Crippen molar-refractivity contribution >= 4 is 10.9 Å². The maximum absolute atomic E-state index is 5.31. The molecule has 1 aromatic carbocycles. The van der Waals surface area contributed by atoms with Gasteiger partial charge < -0.3 is 4.52 Å². The fourth-order valence-electron chi connectivity index (χ4n) is 2.04. The molecule has 0 unspecified atom stereocenters. The van der Waals surface area contributed by atoms with Crippen molar-refractivity contribution in [2.24, 2.45) is 0 Å².